The van der Waals surface area contributed by atoms with Gasteiger partial charge in [0.25, 0.3) is 0 Å². The van der Waals surface area contributed by atoms with Gasteiger partial charge in [-0.05, 0) is 27.3 Å². The van der Waals surface area contributed by atoms with Gasteiger partial charge in [0.15, 0.2) is 0 Å². The van der Waals surface area contributed by atoms with Gasteiger partial charge < -0.3 is 5.32 Å². The summed E-state index contributed by atoms with van der Waals surface area (Å²) in [5.74, 6) is 0. The Bertz CT molecular complexity index is 387. The van der Waals surface area contributed by atoms with E-state index >= 15 is 0 Å². The summed E-state index contributed by atoms with van der Waals surface area (Å²) >= 11 is 6.41. The average molecular weight is 287 g/mol. The third-order valence-electron chi connectivity index (χ3n) is 3.30. The largest absolute Gasteiger partial charge is 0.314 e. The molecule has 0 aromatic carbocycles. The molecule has 0 radical (unpaired) electrons. The van der Waals surface area contributed by atoms with E-state index in [4.69, 9.17) is 11.6 Å². The van der Waals surface area contributed by atoms with Crippen LogP contribution in [0.4, 0.5) is 0 Å². The molecule has 0 bridgehead atoms. The molecule has 2 heterocycles. The van der Waals surface area contributed by atoms with E-state index < -0.39 is 0 Å². The van der Waals surface area contributed by atoms with Crippen molar-refractivity contribution in [3.8, 4) is 0 Å². The first-order valence-electron chi connectivity index (χ1n) is 7.26. The third kappa shape index (κ3) is 3.94. The summed E-state index contributed by atoms with van der Waals surface area (Å²) < 4.78 is 2.08. The molecule has 110 valence electrons. The number of fused-ring (bicyclic) bond motifs is 1. The Kier molecular flexibility index (Phi) is 6.83. The lowest BCUT2D eigenvalue weighted by Crippen LogP contribution is -2.30. The Balaban J connectivity index is 0.000000861. The van der Waals surface area contributed by atoms with Crippen molar-refractivity contribution < 1.29 is 0 Å². The molecule has 0 amide bonds. The van der Waals surface area contributed by atoms with Crippen molar-refractivity contribution in [2.24, 2.45) is 0 Å². The van der Waals surface area contributed by atoms with Gasteiger partial charge in [0, 0.05) is 32.2 Å². The van der Waals surface area contributed by atoms with Gasteiger partial charge in [-0.1, -0.05) is 25.4 Å². The lowest BCUT2D eigenvalue weighted by molar-refractivity contribution is 0.216. The Labute approximate surface area is 122 Å². The predicted molar refractivity (Wildman–Crippen MR) is 81.5 cm³/mol. The minimum atomic E-state index is 0.556. The van der Waals surface area contributed by atoms with E-state index in [1.165, 1.54) is 5.69 Å². The van der Waals surface area contributed by atoms with Gasteiger partial charge in [-0.3, -0.25) is 9.58 Å². The minimum Gasteiger partial charge on any atom is -0.314 e. The normalized spacial score (nSPS) is 15.7. The second-order valence-electron chi connectivity index (χ2n) is 4.88. The lowest BCUT2D eigenvalue weighted by atomic mass is 10.2. The summed E-state index contributed by atoms with van der Waals surface area (Å²) in [7, 11) is 1.92. The molecule has 0 atom stereocenters. The lowest BCUT2D eigenvalue weighted by Gasteiger charge is -2.23. The summed E-state index contributed by atoms with van der Waals surface area (Å²) in [6, 6.07) is 0.556. The molecule has 4 nitrogen and oxygen atoms in total. The fourth-order valence-corrected chi connectivity index (χ4v) is 2.54. The molecule has 5 heteroatoms. The molecule has 1 N–H and O–H groups in total. The fourth-order valence-electron chi connectivity index (χ4n) is 2.28. The monoisotopic (exact) mass is 286 g/mol. The van der Waals surface area contributed by atoms with Gasteiger partial charge in [-0.15, -0.1) is 0 Å². The van der Waals surface area contributed by atoms with E-state index in [0.717, 1.165) is 43.3 Å². The predicted octanol–water partition coefficient (Wildman–Crippen LogP) is 2.90. The number of hydrogen-bond donors (Lipinski definition) is 1. The van der Waals surface area contributed by atoms with E-state index in [-0.39, 0.29) is 0 Å². The molecule has 0 aliphatic carbocycles. The molecular weight excluding hydrogens is 260 g/mol. The van der Waals surface area contributed by atoms with Gasteiger partial charge in [-0.25, -0.2) is 0 Å². The van der Waals surface area contributed by atoms with Gasteiger partial charge in [0.05, 0.1) is 16.4 Å². The van der Waals surface area contributed by atoms with Crippen molar-refractivity contribution in [1.82, 2.24) is 20.0 Å². The van der Waals surface area contributed by atoms with Crippen molar-refractivity contribution in [3.63, 3.8) is 0 Å². The van der Waals surface area contributed by atoms with Crippen LogP contribution in [0.5, 0.6) is 0 Å². The zero-order valence-electron chi connectivity index (χ0n) is 12.8. The highest BCUT2D eigenvalue weighted by atomic mass is 35.5. The zero-order valence-corrected chi connectivity index (χ0v) is 13.6. The first-order valence-corrected chi connectivity index (χ1v) is 7.64. The Hall–Kier alpha value is -0.580. The molecule has 1 aromatic heterocycles. The highest BCUT2D eigenvalue weighted by Crippen LogP contribution is 2.25. The zero-order chi connectivity index (χ0) is 14.4. The SMILES string of the molecule is CC.CNCc1nn2c(c1Cl)CN(C(C)C)CCC2. The molecule has 2 rings (SSSR count). The molecule has 0 unspecified atom stereocenters. The first kappa shape index (κ1) is 16.5. The Morgan fingerprint density at radius 1 is 1.32 bits per heavy atom. The van der Waals surface area contributed by atoms with Gasteiger partial charge in [0.2, 0.25) is 0 Å². The second-order valence-corrected chi connectivity index (χ2v) is 5.26. The summed E-state index contributed by atoms with van der Waals surface area (Å²) in [6.07, 6.45) is 1.14. The number of aromatic nitrogens is 2. The van der Waals surface area contributed by atoms with Crippen LogP contribution in [0.15, 0.2) is 0 Å². The quantitative estimate of drug-likeness (QED) is 0.927. The van der Waals surface area contributed by atoms with E-state index in [1.54, 1.807) is 0 Å². The first-order chi connectivity index (χ1) is 9.13. The molecule has 0 saturated heterocycles. The molecule has 1 aromatic rings. The molecule has 1 aliphatic rings. The highest BCUT2D eigenvalue weighted by molar-refractivity contribution is 6.31. The van der Waals surface area contributed by atoms with Gasteiger partial charge in [0.1, 0.15) is 0 Å². The van der Waals surface area contributed by atoms with Crippen LogP contribution >= 0.6 is 11.6 Å². The van der Waals surface area contributed by atoms with Crippen LogP contribution in [0, 0.1) is 0 Å². The molecular formula is C14H27ClN4. The third-order valence-corrected chi connectivity index (χ3v) is 3.74. The number of aryl methyl sites for hydroxylation is 1. The maximum absolute atomic E-state index is 6.41. The van der Waals surface area contributed by atoms with Crippen LogP contribution in [0.2, 0.25) is 5.02 Å². The maximum Gasteiger partial charge on any atom is 0.0951 e. The van der Waals surface area contributed by atoms with Crippen LogP contribution in [0.3, 0.4) is 0 Å². The number of rotatable bonds is 3. The van der Waals surface area contributed by atoms with Crippen molar-refractivity contribution in [1.29, 1.82) is 0 Å². The average Bonchev–Trinajstić information content (AvgIpc) is 2.59. The molecule has 0 fully saturated rings. The van der Waals surface area contributed by atoms with Crippen LogP contribution < -0.4 is 5.32 Å². The number of nitrogens with one attached hydrogen (secondary N) is 1. The van der Waals surface area contributed by atoms with Gasteiger partial charge in [-0.2, -0.15) is 5.10 Å². The smallest absolute Gasteiger partial charge is 0.0951 e. The second kappa shape index (κ2) is 7.88. The van der Waals surface area contributed by atoms with E-state index in [2.05, 4.69) is 33.8 Å². The summed E-state index contributed by atoms with van der Waals surface area (Å²) in [5, 5.41) is 8.54. The van der Waals surface area contributed by atoms with E-state index in [0.29, 0.717) is 6.04 Å². The molecule has 19 heavy (non-hydrogen) atoms. The van der Waals surface area contributed by atoms with Crippen LogP contribution in [0.25, 0.3) is 0 Å². The Morgan fingerprint density at radius 2 is 2.00 bits per heavy atom. The van der Waals surface area contributed by atoms with Crippen molar-refractivity contribution in [2.45, 2.75) is 59.8 Å². The van der Waals surface area contributed by atoms with Gasteiger partial charge >= 0.3 is 0 Å². The van der Waals surface area contributed by atoms with Crippen LogP contribution in [0.1, 0.15) is 45.5 Å². The minimum absolute atomic E-state index is 0.556. The molecule has 0 spiro atoms. The van der Waals surface area contributed by atoms with Crippen molar-refractivity contribution >= 4 is 11.6 Å². The number of halogens is 1. The standard InChI is InChI=1S/C12H21ClN4.C2H6/c1-9(2)16-5-4-6-17-11(8-16)12(13)10(15-17)7-14-3;1-2/h9,14H,4-8H2,1-3H3;1-2H3. The molecule has 0 saturated carbocycles. The Morgan fingerprint density at radius 3 is 2.58 bits per heavy atom. The maximum atomic E-state index is 6.41. The topological polar surface area (TPSA) is 33.1 Å². The summed E-state index contributed by atoms with van der Waals surface area (Å²) in [6.45, 7) is 12.2. The summed E-state index contributed by atoms with van der Waals surface area (Å²) in [4.78, 5) is 2.45. The van der Waals surface area contributed by atoms with E-state index in [9.17, 15) is 0 Å². The van der Waals surface area contributed by atoms with E-state index in [1.807, 2.05) is 20.9 Å². The van der Waals surface area contributed by atoms with Crippen molar-refractivity contribution in [3.05, 3.63) is 16.4 Å². The van der Waals surface area contributed by atoms with Crippen LogP contribution in [-0.4, -0.2) is 34.3 Å². The number of hydrogen-bond acceptors (Lipinski definition) is 3. The van der Waals surface area contributed by atoms with Crippen LogP contribution in [-0.2, 0) is 19.6 Å². The highest BCUT2D eigenvalue weighted by Gasteiger charge is 2.22. The fraction of sp³-hybridized carbons (Fsp3) is 0.786. The number of nitrogens with zero attached hydrogens (tertiary/aromatic N) is 3. The summed E-state index contributed by atoms with van der Waals surface area (Å²) in [5.41, 5.74) is 2.14. The van der Waals surface area contributed by atoms with Crippen molar-refractivity contribution in [2.75, 3.05) is 13.6 Å². The molecule has 1 aliphatic heterocycles.